The molecule has 1 aliphatic rings. The fourth-order valence-electron chi connectivity index (χ4n) is 4.82. The highest BCUT2D eigenvalue weighted by Gasteiger charge is 2.25. The van der Waals surface area contributed by atoms with Gasteiger partial charge in [0.2, 0.25) is 0 Å². The number of benzene rings is 3. The van der Waals surface area contributed by atoms with Crippen molar-refractivity contribution in [2.75, 3.05) is 23.9 Å². The van der Waals surface area contributed by atoms with Crippen molar-refractivity contribution in [1.82, 2.24) is 4.57 Å². The van der Waals surface area contributed by atoms with Gasteiger partial charge >= 0.3 is 0 Å². The number of nitrogens with zero attached hydrogens (tertiary/aromatic N) is 2. The molecule has 0 saturated heterocycles. The second kappa shape index (κ2) is 10.1. The van der Waals surface area contributed by atoms with E-state index >= 15 is 0 Å². The van der Waals surface area contributed by atoms with E-state index in [4.69, 9.17) is 4.74 Å². The standard InChI is InChI=1S/C30H29N3O3/c1-32-19-17-27-26(32)14-8-9-18-33(27)30(35)22-15-16-25(28(20-22)36-2)31-29(34)24-13-7-6-12-23(24)21-10-4-3-5-11-21/h3-7,10-13,15-17,19-20H,8-9,14,18H2,1-2H3,(H,31,34). The lowest BCUT2D eigenvalue weighted by Crippen LogP contribution is -2.31. The van der Waals surface area contributed by atoms with E-state index in [1.54, 1.807) is 31.4 Å². The number of methoxy groups -OCH3 is 1. The van der Waals surface area contributed by atoms with Crippen LogP contribution in [-0.2, 0) is 13.5 Å². The first-order valence-corrected chi connectivity index (χ1v) is 12.2. The number of aromatic nitrogens is 1. The van der Waals surface area contributed by atoms with Crippen molar-refractivity contribution in [3.05, 3.63) is 102 Å². The summed E-state index contributed by atoms with van der Waals surface area (Å²) in [6.07, 6.45) is 4.96. The minimum absolute atomic E-state index is 0.0741. The molecule has 2 heterocycles. The van der Waals surface area contributed by atoms with Crippen molar-refractivity contribution in [3.63, 3.8) is 0 Å². The van der Waals surface area contributed by atoms with Crippen LogP contribution >= 0.6 is 0 Å². The summed E-state index contributed by atoms with van der Waals surface area (Å²) < 4.78 is 7.67. The van der Waals surface area contributed by atoms with Crippen LogP contribution in [0.1, 0.15) is 39.3 Å². The third-order valence-electron chi connectivity index (χ3n) is 6.71. The maximum absolute atomic E-state index is 13.5. The number of ether oxygens (including phenoxy) is 1. The maximum Gasteiger partial charge on any atom is 0.258 e. The van der Waals surface area contributed by atoms with Gasteiger partial charge in [0.15, 0.2) is 0 Å². The van der Waals surface area contributed by atoms with E-state index in [2.05, 4.69) is 9.88 Å². The summed E-state index contributed by atoms with van der Waals surface area (Å²) in [6.45, 7) is 0.674. The van der Waals surface area contributed by atoms with Crippen molar-refractivity contribution in [1.29, 1.82) is 0 Å². The van der Waals surface area contributed by atoms with Gasteiger partial charge in [-0.3, -0.25) is 9.59 Å². The average Bonchev–Trinajstić information content (AvgIpc) is 3.14. The molecule has 4 aromatic rings. The molecule has 0 unspecified atom stereocenters. The minimum Gasteiger partial charge on any atom is -0.495 e. The SMILES string of the molecule is COc1cc(C(=O)N2CCCCc3c2ccn3C)ccc1NC(=O)c1ccccc1-c1ccccc1. The lowest BCUT2D eigenvalue weighted by Gasteiger charge is -2.22. The number of amides is 2. The molecule has 0 fully saturated rings. The number of carbonyl (C=O) groups excluding carboxylic acids is 2. The lowest BCUT2D eigenvalue weighted by molar-refractivity contribution is 0.0985. The highest BCUT2D eigenvalue weighted by atomic mass is 16.5. The van der Waals surface area contributed by atoms with Gasteiger partial charge in [-0.25, -0.2) is 0 Å². The Morgan fingerprint density at radius 1 is 0.917 bits per heavy atom. The summed E-state index contributed by atoms with van der Waals surface area (Å²) in [5.74, 6) is 0.123. The Morgan fingerprint density at radius 3 is 2.50 bits per heavy atom. The largest absolute Gasteiger partial charge is 0.495 e. The third kappa shape index (κ3) is 4.50. The molecule has 1 N–H and O–H groups in total. The number of rotatable bonds is 5. The number of anilines is 2. The Labute approximate surface area is 211 Å². The number of carbonyl (C=O) groups is 2. The van der Waals surface area contributed by atoms with Gasteiger partial charge in [-0.1, -0.05) is 48.5 Å². The second-order valence-corrected chi connectivity index (χ2v) is 8.95. The first kappa shape index (κ1) is 23.4. The summed E-state index contributed by atoms with van der Waals surface area (Å²) in [4.78, 5) is 28.7. The zero-order chi connectivity index (χ0) is 25.1. The molecule has 182 valence electrons. The van der Waals surface area contributed by atoms with E-state index in [-0.39, 0.29) is 11.8 Å². The van der Waals surface area contributed by atoms with Crippen molar-refractivity contribution in [2.24, 2.45) is 7.05 Å². The number of hydrogen-bond acceptors (Lipinski definition) is 3. The Bertz CT molecular complexity index is 1410. The van der Waals surface area contributed by atoms with Crippen molar-refractivity contribution >= 4 is 23.2 Å². The van der Waals surface area contributed by atoms with Crippen molar-refractivity contribution in [2.45, 2.75) is 19.3 Å². The smallest absolute Gasteiger partial charge is 0.258 e. The van der Waals surface area contributed by atoms with Crippen LogP contribution in [0.3, 0.4) is 0 Å². The molecule has 2 amide bonds. The molecule has 36 heavy (non-hydrogen) atoms. The predicted octanol–water partition coefficient (Wildman–Crippen LogP) is 5.94. The van der Waals surface area contributed by atoms with Gasteiger partial charge in [-0.15, -0.1) is 0 Å². The molecule has 1 aliphatic heterocycles. The number of nitrogens with one attached hydrogen (secondary N) is 1. The summed E-state index contributed by atoms with van der Waals surface area (Å²) in [6, 6.07) is 24.5. The number of aryl methyl sites for hydroxylation is 1. The molecule has 0 aliphatic carbocycles. The fraction of sp³-hybridized carbons (Fsp3) is 0.200. The van der Waals surface area contributed by atoms with Crippen LogP contribution in [0.15, 0.2) is 85.1 Å². The van der Waals surface area contributed by atoms with Crippen LogP contribution in [0.5, 0.6) is 5.75 Å². The quantitative estimate of drug-likeness (QED) is 0.386. The third-order valence-corrected chi connectivity index (χ3v) is 6.71. The fourth-order valence-corrected chi connectivity index (χ4v) is 4.82. The molecule has 0 atom stereocenters. The number of hydrogen-bond donors (Lipinski definition) is 1. The normalized spacial score (nSPS) is 13.0. The Kier molecular flexibility index (Phi) is 6.58. The highest BCUT2D eigenvalue weighted by molar-refractivity contribution is 6.10. The molecule has 1 aromatic heterocycles. The molecule has 0 radical (unpaired) electrons. The minimum atomic E-state index is -0.242. The maximum atomic E-state index is 13.5. The van der Waals surface area contributed by atoms with Crippen LogP contribution in [0.2, 0.25) is 0 Å². The van der Waals surface area contributed by atoms with E-state index in [1.165, 1.54) is 5.69 Å². The van der Waals surface area contributed by atoms with Crippen LogP contribution in [0.25, 0.3) is 11.1 Å². The molecule has 0 spiro atoms. The van der Waals surface area contributed by atoms with Crippen molar-refractivity contribution in [3.8, 4) is 16.9 Å². The van der Waals surface area contributed by atoms with Gasteiger partial charge in [0.25, 0.3) is 11.8 Å². The molecule has 3 aromatic carbocycles. The summed E-state index contributed by atoms with van der Waals surface area (Å²) in [7, 11) is 3.56. The van der Waals surface area contributed by atoms with Gasteiger partial charge in [0.1, 0.15) is 5.75 Å². The summed E-state index contributed by atoms with van der Waals surface area (Å²) >= 11 is 0. The summed E-state index contributed by atoms with van der Waals surface area (Å²) in [5.41, 5.74) is 5.55. The van der Waals surface area contributed by atoms with Gasteiger partial charge in [0, 0.05) is 36.6 Å². The second-order valence-electron chi connectivity index (χ2n) is 8.95. The van der Waals surface area contributed by atoms with Gasteiger partial charge in [-0.2, -0.15) is 0 Å². The number of fused-ring (bicyclic) bond motifs is 1. The van der Waals surface area contributed by atoms with Crippen LogP contribution in [-0.4, -0.2) is 30.0 Å². The molecule has 5 rings (SSSR count). The van der Waals surface area contributed by atoms with E-state index in [0.29, 0.717) is 29.1 Å². The Hall–Kier alpha value is -4.32. The van der Waals surface area contributed by atoms with Crippen LogP contribution < -0.4 is 15.0 Å². The van der Waals surface area contributed by atoms with E-state index in [1.807, 2.05) is 72.7 Å². The zero-order valence-corrected chi connectivity index (χ0v) is 20.5. The molecule has 0 saturated carbocycles. The predicted molar refractivity (Wildman–Crippen MR) is 143 cm³/mol. The molecule has 6 nitrogen and oxygen atoms in total. The van der Waals surface area contributed by atoms with E-state index in [0.717, 1.165) is 36.1 Å². The van der Waals surface area contributed by atoms with Gasteiger partial charge < -0.3 is 19.5 Å². The first-order chi connectivity index (χ1) is 17.6. The molecular formula is C30H29N3O3. The van der Waals surface area contributed by atoms with Gasteiger partial charge in [0.05, 0.1) is 18.5 Å². The van der Waals surface area contributed by atoms with Crippen molar-refractivity contribution < 1.29 is 14.3 Å². The topological polar surface area (TPSA) is 63.6 Å². The Morgan fingerprint density at radius 2 is 1.69 bits per heavy atom. The first-order valence-electron chi connectivity index (χ1n) is 12.2. The molecule has 0 bridgehead atoms. The van der Waals surface area contributed by atoms with Crippen LogP contribution in [0.4, 0.5) is 11.4 Å². The molecule has 6 heteroatoms. The monoisotopic (exact) mass is 479 g/mol. The Balaban J connectivity index is 1.41. The van der Waals surface area contributed by atoms with Crippen LogP contribution in [0, 0.1) is 0 Å². The van der Waals surface area contributed by atoms with Gasteiger partial charge in [-0.05, 0) is 60.7 Å². The summed E-state index contributed by atoms with van der Waals surface area (Å²) in [5, 5.41) is 2.97. The lowest BCUT2D eigenvalue weighted by atomic mass is 9.99. The average molecular weight is 480 g/mol. The van der Waals surface area contributed by atoms with E-state index in [9.17, 15) is 9.59 Å². The zero-order valence-electron chi connectivity index (χ0n) is 20.5. The molecular weight excluding hydrogens is 450 g/mol. The highest BCUT2D eigenvalue weighted by Crippen LogP contribution is 2.32. The van der Waals surface area contributed by atoms with E-state index < -0.39 is 0 Å².